The van der Waals surface area contributed by atoms with Gasteiger partial charge in [-0.2, -0.15) is 5.26 Å². The fourth-order valence-electron chi connectivity index (χ4n) is 2.06. The molecule has 3 nitrogen and oxygen atoms in total. The summed E-state index contributed by atoms with van der Waals surface area (Å²) in [6.45, 7) is 2.56. The van der Waals surface area contributed by atoms with Gasteiger partial charge >= 0.3 is 0 Å². The Morgan fingerprint density at radius 1 is 1.40 bits per heavy atom. The first-order valence-corrected chi connectivity index (χ1v) is 7.34. The van der Waals surface area contributed by atoms with E-state index in [1.54, 1.807) is 18.0 Å². The number of amides is 1. The largest absolute Gasteiger partial charge is 0.337 e. The van der Waals surface area contributed by atoms with Gasteiger partial charge in [-0.05, 0) is 41.1 Å². The minimum Gasteiger partial charge on any atom is -0.337 e. The van der Waals surface area contributed by atoms with Crippen LogP contribution in [0.3, 0.4) is 0 Å². The van der Waals surface area contributed by atoms with Crippen LogP contribution in [0.25, 0.3) is 0 Å². The molecule has 2 rings (SSSR count). The number of benzene rings is 1. The van der Waals surface area contributed by atoms with E-state index in [4.69, 9.17) is 5.26 Å². The van der Waals surface area contributed by atoms with Crippen LogP contribution >= 0.6 is 11.3 Å². The Labute approximate surface area is 123 Å². The summed E-state index contributed by atoms with van der Waals surface area (Å²) < 4.78 is 0. The fraction of sp³-hybridized carbons (Fsp3) is 0.250. The molecular formula is C16H16N2OS. The summed E-state index contributed by atoms with van der Waals surface area (Å²) in [5, 5.41) is 10.8. The number of aryl methyl sites for hydroxylation is 1. The van der Waals surface area contributed by atoms with E-state index < -0.39 is 0 Å². The van der Waals surface area contributed by atoms with Crippen LogP contribution in [0.1, 0.15) is 33.3 Å². The maximum absolute atomic E-state index is 12.4. The number of hydrogen-bond donors (Lipinski definition) is 0. The molecule has 2 aromatic rings. The average Bonchev–Trinajstić information content (AvgIpc) is 2.95. The molecule has 102 valence electrons. The molecule has 1 amide bonds. The molecule has 0 radical (unpaired) electrons. The minimum absolute atomic E-state index is 0.0409. The first kappa shape index (κ1) is 14.3. The lowest BCUT2D eigenvalue weighted by molar-refractivity contribution is 0.0789. The predicted molar refractivity (Wildman–Crippen MR) is 80.7 cm³/mol. The monoisotopic (exact) mass is 284 g/mol. The standard InChI is InChI=1S/C16H16N2OS/c1-3-14-7-8-20-15(14)16(19)18(2)11-13-6-4-5-12(9-13)10-17/h4-9H,3,11H2,1-2H3. The molecule has 0 spiro atoms. The van der Waals surface area contributed by atoms with Gasteiger partial charge in [0.25, 0.3) is 5.91 Å². The molecule has 0 atom stereocenters. The smallest absolute Gasteiger partial charge is 0.264 e. The van der Waals surface area contributed by atoms with E-state index in [9.17, 15) is 4.79 Å². The van der Waals surface area contributed by atoms with Crippen molar-refractivity contribution in [2.75, 3.05) is 7.05 Å². The Kier molecular flexibility index (Phi) is 4.54. The Morgan fingerprint density at radius 3 is 2.90 bits per heavy atom. The van der Waals surface area contributed by atoms with Crippen molar-refractivity contribution >= 4 is 17.2 Å². The summed E-state index contributed by atoms with van der Waals surface area (Å²) in [5.74, 6) is 0.0409. The molecule has 1 heterocycles. The Hall–Kier alpha value is -2.12. The maximum atomic E-state index is 12.4. The van der Waals surface area contributed by atoms with Gasteiger partial charge in [-0.3, -0.25) is 4.79 Å². The van der Waals surface area contributed by atoms with Gasteiger partial charge in [0.05, 0.1) is 16.5 Å². The maximum Gasteiger partial charge on any atom is 0.264 e. The van der Waals surface area contributed by atoms with Crippen molar-refractivity contribution in [3.63, 3.8) is 0 Å². The Balaban J connectivity index is 2.13. The van der Waals surface area contributed by atoms with Crippen LogP contribution < -0.4 is 0 Å². The van der Waals surface area contributed by atoms with E-state index in [1.165, 1.54) is 11.3 Å². The minimum atomic E-state index is 0.0409. The number of rotatable bonds is 4. The lowest BCUT2D eigenvalue weighted by atomic mass is 10.1. The van der Waals surface area contributed by atoms with E-state index in [2.05, 4.69) is 13.0 Å². The van der Waals surface area contributed by atoms with Gasteiger partial charge in [-0.1, -0.05) is 19.1 Å². The Morgan fingerprint density at radius 2 is 2.20 bits per heavy atom. The van der Waals surface area contributed by atoms with Crippen LogP contribution in [0.2, 0.25) is 0 Å². The molecule has 20 heavy (non-hydrogen) atoms. The van der Waals surface area contributed by atoms with Gasteiger partial charge in [-0.15, -0.1) is 11.3 Å². The van der Waals surface area contributed by atoms with E-state index in [0.29, 0.717) is 12.1 Å². The molecule has 1 aromatic heterocycles. The zero-order chi connectivity index (χ0) is 14.5. The second-order valence-corrected chi connectivity index (χ2v) is 5.52. The van der Waals surface area contributed by atoms with E-state index in [1.807, 2.05) is 29.6 Å². The van der Waals surface area contributed by atoms with Crippen LogP contribution in [0, 0.1) is 11.3 Å². The molecule has 0 saturated carbocycles. The molecule has 0 saturated heterocycles. The summed E-state index contributed by atoms with van der Waals surface area (Å²) >= 11 is 1.49. The zero-order valence-corrected chi connectivity index (χ0v) is 12.4. The van der Waals surface area contributed by atoms with Crippen molar-refractivity contribution in [1.29, 1.82) is 5.26 Å². The molecular weight excluding hydrogens is 268 g/mol. The summed E-state index contributed by atoms with van der Waals surface area (Å²) in [6, 6.07) is 11.5. The highest BCUT2D eigenvalue weighted by Gasteiger charge is 2.16. The summed E-state index contributed by atoms with van der Waals surface area (Å²) in [7, 11) is 1.79. The second-order valence-electron chi connectivity index (χ2n) is 4.60. The number of hydrogen-bond acceptors (Lipinski definition) is 3. The molecule has 0 bridgehead atoms. The lowest BCUT2D eigenvalue weighted by Gasteiger charge is -2.17. The van der Waals surface area contributed by atoms with Crippen molar-refractivity contribution in [2.45, 2.75) is 19.9 Å². The van der Waals surface area contributed by atoms with E-state index in [-0.39, 0.29) is 5.91 Å². The van der Waals surface area contributed by atoms with Gasteiger partial charge in [0.1, 0.15) is 0 Å². The topological polar surface area (TPSA) is 44.1 Å². The van der Waals surface area contributed by atoms with Crippen LogP contribution in [0.4, 0.5) is 0 Å². The first-order valence-electron chi connectivity index (χ1n) is 6.46. The van der Waals surface area contributed by atoms with Gasteiger partial charge < -0.3 is 4.90 Å². The molecule has 4 heteroatoms. The molecule has 1 aromatic carbocycles. The number of nitriles is 1. The molecule has 0 fully saturated rings. The predicted octanol–water partition coefficient (Wildman–Crippen LogP) is 3.45. The third kappa shape index (κ3) is 3.06. The summed E-state index contributed by atoms with van der Waals surface area (Å²) in [6.07, 6.45) is 0.863. The average molecular weight is 284 g/mol. The Bertz CT molecular complexity index is 654. The van der Waals surface area contributed by atoms with Crippen molar-refractivity contribution < 1.29 is 4.79 Å². The molecule has 0 aliphatic heterocycles. The molecule has 0 N–H and O–H groups in total. The zero-order valence-electron chi connectivity index (χ0n) is 11.6. The van der Waals surface area contributed by atoms with Crippen LogP contribution in [0.15, 0.2) is 35.7 Å². The van der Waals surface area contributed by atoms with Gasteiger partial charge in [0.15, 0.2) is 0 Å². The highest BCUT2D eigenvalue weighted by Crippen LogP contribution is 2.20. The van der Waals surface area contributed by atoms with Crippen molar-refractivity contribution in [1.82, 2.24) is 4.90 Å². The SMILES string of the molecule is CCc1ccsc1C(=O)N(C)Cc1cccc(C#N)c1. The highest BCUT2D eigenvalue weighted by molar-refractivity contribution is 7.12. The van der Waals surface area contributed by atoms with E-state index >= 15 is 0 Å². The third-order valence-corrected chi connectivity index (χ3v) is 4.09. The molecule has 0 aliphatic carbocycles. The normalized spacial score (nSPS) is 10.1. The lowest BCUT2D eigenvalue weighted by Crippen LogP contribution is -2.26. The number of carbonyl (C=O) groups is 1. The van der Waals surface area contributed by atoms with Crippen molar-refractivity contribution in [2.24, 2.45) is 0 Å². The molecule has 0 aliphatic rings. The van der Waals surface area contributed by atoms with Crippen LogP contribution in [0.5, 0.6) is 0 Å². The first-order chi connectivity index (χ1) is 9.65. The van der Waals surface area contributed by atoms with Gasteiger partial charge in [-0.25, -0.2) is 0 Å². The van der Waals surface area contributed by atoms with Gasteiger partial charge in [0.2, 0.25) is 0 Å². The van der Waals surface area contributed by atoms with Crippen molar-refractivity contribution in [3.05, 3.63) is 57.3 Å². The van der Waals surface area contributed by atoms with Crippen LogP contribution in [-0.4, -0.2) is 17.9 Å². The van der Waals surface area contributed by atoms with Gasteiger partial charge in [0, 0.05) is 13.6 Å². The quantitative estimate of drug-likeness (QED) is 0.863. The van der Waals surface area contributed by atoms with E-state index in [0.717, 1.165) is 22.4 Å². The van der Waals surface area contributed by atoms with Crippen LogP contribution in [-0.2, 0) is 13.0 Å². The number of nitrogens with zero attached hydrogens (tertiary/aromatic N) is 2. The number of carbonyl (C=O) groups excluding carboxylic acids is 1. The summed E-state index contributed by atoms with van der Waals surface area (Å²) in [5.41, 5.74) is 2.68. The second kappa shape index (κ2) is 6.36. The van der Waals surface area contributed by atoms with Crippen molar-refractivity contribution in [3.8, 4) is 6.07 Å². The highest BCUT2D eigenvalue weighted by atomic mass is 32.1. The molecule has 0 unspecified atom stereocenters. The summed E-state index contributed by atoms with van der Waals surface area (Å²) in [4.78, 5) is 14.9. The third-order valence-electron chi connectivity index (χ3n) is 3.14. The number of thiophene rings is 1. The fourth-order valence-corrected chi connectivity index (χ4v) is 3.05.